The molecule has 5 heteroatoms. The normalized spacial score (nSPS) is 13.4. The fourth-order valence-electron chi connectivity index (χ4n) is 1.44. The van der Waals surface area contributed by atoms with Gasteiger partial charge in [0.05, 0.1) is 5.41 Å². The molecule has 0 bridgehead atoms. The highest BCUT2D eigenvalue weighted by Gasteiger charge is 2.29. The molecule has 1 atom stereocenters. The van der Waals surface area contributed by atoms with Gasteiger partial charge >= 0.3 is 5.97 Å². The van der Waals surface area contributed by atoms with Gasteiger partial charge in [-0.1, -0.05) is 6.92 Å². The molecule has 5 nitrogen and oxygen atoms in total. The average Bonchev–Trinajstić information content (AvgIpc) is 2.26. The zero-order valence-electron chi connectivity index (χ0n) is 12.1. The monoisotopic (exact) mass is 258 g/mol. The highest BCUT2D eigenvalue weighted by molar-refractivity contribution is 5.84. The largest absolute Gasteiger partial charge is 0.481 e. The van der Waals surface area contributed by atoms with Crippen molar-refractivity contribution in [2.45, 2.75) is 46.6 Å². The summed E-state index contributed by atoms with van der Waals surface area (Å²) in [4.78, 5) is 24.6. The van der Waals surface area contributed by atoms with Gasteiger partial charge in [-0.25, -0.2) is 0 Å². The standard InChI is InChI=1S/C13H26N2O3/c1-6-10(2)15(5)8-7-14-11(16)9-13(3,4)12(17)18/h10H,6-9H2,1-5H3,(H,14,16)(H,17,18). The lowest BCUT2D eigenvalue weighted by Crippen LogP contribution is -2.39. The number of nitrogens with zero attached hydrogens (tertiary/aromatic N) is 1. The summed E-state index contributed by atoms with van der Waals surface area (Å²) in [6.07, 6.45) is 1.08. The molecule has 18 heavy (non-hydrogen) atoms. The van der Waals surface area contributed by atoms with Crippen LogP contribution in [0.3, 0.4) is 0 Å². The zero-order valence-corrected chi connectivity index (χ0v) is 12.1. The summed E-state index contributed by atoms with van der Waals surface area (Å²) in [6, 6.07) is 0.484. The van der Waals surface area contributed by atoms with Crippen LogP contribution in [0.1, 0.15) is 40.5 Å². The average molecular weight is 258 g/mol. The number of rotatable bonds is 8. The molecule has 0 aliphatic carbocycles. The number of carbonyl (C=O) groups excluding carboxylic acids is 1. The van der Waals surface area contributed by atoms with Gasteiger partial charge in [0, 0.05) is 25.6 Å². The predicted molar refractivity (Wildman–Crippen MR) is 71.4 cm³/mol. The molecular formula is C13H26N2O3. The molecule has 0 radical (unpaired) electrons. The number of aliphatic carboxylic acids is 1. The fraction of sp³-hybridized carbons (Fsp3) is 0.846. The van der Waals surface area contributed by atoms with E-state index in [9.17, 15) is 9.59 Å². The third-order valence-electron chi connectivity index (χ3n) is 3.31. The van der Waals surface area contributed by atoms with Crippen LogP contribution >= 0.6 is 0 Å². The Morgan fingerprint density at radius 2 is 1.94 bits per heavy atom. The Morgan fingerprint density at radius 3 is 2.39 bits per heavy atom. The Morgan fingerprint density at radius 1 is 1.39 bits per heavy atom. The van der Waals surface area contributed by atoms with Crippen LogP contribution in [-0.4, -0.2) is 48.1 Å². The lowest BCUT2D eigenvalue weighted by atomic mass is 9.89. The Labute approximate surface area is 110 Å². The Balaban J connectivity index is 3.95. The number of carboxylic acid groups (broad SMARTS) is 1. The summed E-state index contributed by atoms with van der Waals surface area (Å²) in [6.45, 7) is 8.69. The molecule has 0 aliphatic heterocycles. The second-order valence-corrected chi connectivity index (χ2v) is 5.45. The maximum absolute atomic E-state index is 11.6. The number of carboxylic acids is 1. The van der Waals surface area contributed by atoms with E-state index in [4.69, 9.17) is 5.11 Å². The van der Waals surface area contributed by atoms with E-state index in [-0.39, 0.29) is 12.3 Å². The second-order valence-electron chi connectivity index (χ2n) is 5.45. The Hall–Kier alpha value is -1.10. The predicted octanol–water partition coefficient (Wildman–Crippen LogP) is 1.33. The molecule has 106 valence electrons. The molecule has 1 unspecified atom stereocenters. The van der Waals surface area contributed by atoms with Crippen LogP contribution < -0.4 is 5.32 Å². The molecule has 0 spiro atoms. The maximum atomic E-state index is 11.6. The first kappa shape index (κ1) is 16.9. The van der Waals surface area contributed by atoms with E-state index in [2.05, 4.69) is 24.1 Å². The summed E-state index contributed by atoms with van der Waals surface area (Å²) >= 11 is 0. The summed E-state index contributed by atoms with van der Waals surface area (Å²) < 4.78 is 0. The Bertz CT molecular complexity index is 290. The van der Waals surface area contributed by atoms with Crippen molar-refractivity contribution in [3.8, 4) is 0 Å². The highest BCUT2D eigenvalue weighted by atomic mass is 16.4. The molecular weight excluding hydrogens is 232 g/mol. The van der Waals surface area contributed by atoms with Gasteiger partial charge in [0.1, 0.15) is 0 Å². The van der Waals surface area contributed by atoms with Crippen molar-refractivity contribution in [2.24, 2.45) is 5.41 Å². The van der Waals surface area contributed by atoms with E-state index in [1.165, 1.54) is 0 Å². The number of hydrogen-bond acceptors (Lipinski definition) is 3. The number of hydrogen-bond donors (Lipinski definition) is 2. The topological polar surface area (TPSA) is 69.6 Å². The van der Waals surface area contributed by atoms with Gasteiger partial charge in [0.15, 0.2) is 0 Å². The first-order valence-electron chi connectivity index (χ1n) is 6.41. The SMILES string of the molecule is CCC(C)N(C)CCNC(=O)CC(C)(C)C(=O)O. The zero-order chi connectivity index (χ0) is 14.3. The molecule has 0 fully saturated rings. The van der Waals surface area contributed by atoms with Crippen LogP contribution in [0.15, 0.2) is 0 Å². The van der Waals surface area contributed by atoms with Gasteiger partial charge in [0.25, 0.3) is 0 Å². The third-order valence-corrected chi connectivity index (χ3v) is 3.31. The van der Waals surface area contributed by atoms with Gasteiger partial charge in [-0.15, -0.1) is 0 Å². The summed E-state index contributed by atoms with van der Waals surface area (Å²) in [5.74, 6) is -1.16. The first-order chi connectivity index (χ1) is 8.20. The lowest BCUT2D eigenvalue weighted by molar-refractivity contribution is -0.149. The van der Waals surface area contributed by atoms with E-state index in [0.29, 0.717) is 12.6 Å². The van der Waals surface area contributed by atoms with Crippen molar-refractivity contribution >= 4 is 11.9 Å². The minimum absolute atomic E-state index is 0.00930. The summed E-state index contributed by atoms with van der Waals surface area (Å²) in [7, 11) is 2.02. The molecule has 0 heterocycles. The van der Waals surface area contributed by atoms with E-state index >= 15 is 0 Å². The van der Waals surface area contributed by atoms with Gasteiger partial charge in [-0.05, 0) is 34.2 Å². The van der Waals surface area contributed by atoms with Crippen molar-refractivity contribution in [3.63, 3.8) is 0 Å². The van der Waals surface area contributed by atoms with Crippen molar-refractivity contribution in [1.29, 1.82) is 0 Å². The minimum Gasteiger partial charge on any atom is -0.481 e. The first-order valence-corrected chi connectivity index (χ1v) is 6.41. The summed E-state index contributed by atoms with van der Waals surface area (Å²) in [5.41, 5.74) is -1.01. The molecule has 0 aromatic carbocycles. The van der Waals surface area contributed by atoms with Crippen molar-refractivity contribution < 1.29 is 14.7 Å². The van der Waals surface area contributed by atoms with Gasteiger partial charge in [-0.3, -0.25) is 9.59 Å². The smallest absolute Gasteiger partial charge is 0.309 e. The molecule has 2 N–H and O–H groups in total. The van der Waals surface area contributed by atoms with Crippen LogP contribution in [0.2, 0.25) is 0 Å². The molecule has 0 saturated carbocycles. The van der Waals surface area contributed by atoms with E-state index < -0.39 is 11.4 Å². The molecule has 0 aromatic heterocycles. The fourth-order valence-corrected chi connectivity index (χ4v) is 1.44. The van der Waals surface area contributed by atoms with Crippen molar-refractivity contribution in [3.05, 3.63) is 0 Å². The van der Waals surface area contributed by atoms with E-state index in [1.54, 1.807) is 13.8 Å². The third kappa shape index (κ3) is 6.00. The number of carbonyl (C=O) groups is 2. The van der Waals surface area contributed by atoms with Crippen LogP contribution in [0, 0.1) is 5.41 Å². The van der Waals surface area contributed by atoms with Crippen LogP contribution in [0.5, 0.6) is 0 Å². The van der Waals surface area contributed by atoms with Gasteiger partial charge in [0.2, 0.25) is 5.91 Å². The number of amides is 1. The number of nitrogens with one attached hydrogen (secondary N) is 1. The number of likely N-dealkylation sites (N-methyl/N-ethyl adjacent to an activating group) is 1. The molecule has 0 aliphatic rings. The summed E-state index contributed by atoms with van der Waals surface area (Å²) in [5, 5.41) is 11.7. The van der Waals surface area contributed by atoms with Crippen LogP contribution in [0.25, 0.3) is 0 Å². The molecule has 0 rings (SSSR count). The second kappa shape index (κ2) is 7.36. The van der Waals surface area contributed by atoms with Gasteiger partial charge < -0.3 is 15.3 Å². The Kier molecular flexibility index (Phi) is 6.91. The van der Waals surface area contributed by atoms with Crippen LogP contribution in [-0.2, 0) is 9.59 Å². The van der Waals surface area contributed by atoms with Crippen molar-refractivity contribution in [2.75, 3.05) is 20.1 Å². The van der Waals surface area contributed by atoms with Crippen LogP contribution in [0.4, 0.5) is 0 Å². The van der Waals surface area contributed by atoms with E-state index in [1.807, 2.05) is 7.05 Å². The maximum Gasteiger partial charge on any atom is 0.309 e. The lowest BCUT2D eigenvalue weighted by Gasteiger charge is -2.24. The molecule has 0 aromatic rings. The van der Waals surface area contributed by atoms with Gasteiger partial charge in [-0.2, -0.15) is 0 Å². The molecule has 0 saturated heterocycles. The van der Waals surface area contributed by atoms with Crippen molar-refractivity contribution in [1.82, 2.24) is 10.2 Å². The highest BCUT2D eigenvalue weighted by Crippen LogP contribution is 2.19. The minimum atomic E-state index is -1.01. The quantitative estimate of drug-likeness (QED) is 0.689. The van der Waals surface area contributed by atoms with E-state index in [0.717, 1.165) is 13.0 Å². The molecule has 1 amide bonds.